The molecule has 0 bridgehead atoms. The van der Waals surface area contributed by atoms with Crippen LogP contribution in [0.1, 0.15) is 41.7 Å². The highest BCUT2D eigenvalue weighted by Crippen LogP contribution is 2.33. The van der Waals surface area contributed by atoms with Gasteiger partial charge >= 0.3 is 6.18 Å². The molecular formula is C17H18F3N3OS. The van der Waals surface area contributed by atoms with Crippen molar-refractivity contribution in [3.8, 4) is 10.6 Å². The van der Waals surface area contributed by atoms with Gasteiger partial charge in [-0.3, -0.25) is 4.79 Å². The van der Waals surface area contributed by atoms with Crippen LogP contribution in [0.3, 0.4) is 0 Å². The minimum atomic E-state index is -4.41. The quantitative estimate of drug-likeness (QED) is 0.864. The van der Waals surface area contributed by atoms with Crippen LogP contribution in [0, 0.1) is 0 Å². The molecule has 2 aromatic rings. The Morgan fingerprint density at radius 2 is 1.96 bits per heavy atom. The molecule has 3 N–H and O–H groups in total. The van der Waals surface area contributed by atoms with Crippen LogP contribution in [0.5, 0.6) is 0 Å². The van der Waals surface area contributed by atoms with Crippen molar-refractivity contribution < 1.29 is 18.0 Å². The van der Waals surface area contributed by atoms with E-state index >= 15 is 0 Å². The molecule has 0 unspecified atom stereocenters. The van der Waals surface area contributed by atoms with E-state index in [1.165, 1.54) is 6.07 Å². The van der Waals surface area contributed by atoms with E-state index in [1.807, 2.05) is 0 Å². The molecule has 0 aliphatic heterocycles. The number of aromatic nitrogens is 1. The van der Waals surface area contributed by atoms with Crippen molar-refractivity contribution >= 4 is 17.2 Å². The fourth-order valence-corrected chi connectivity index (χ4v) is 3.66. The number of benzene rings is 1. The third kappa shape index (κ3) is 4.38. The van der Waals surface area contributed by atoms with E-state index in [2.05, 4.69) is 10.3 Å². The van der Waals surface area contributed by atoms with Gasteiger partial charge in [-0.2, -0.15) is 13.2 Å². The summed E-state index contributed by atoms with van der Waals surface area (Å²) < 4.78 is 38.4. The summed E-state index contributed by atoms with van der Waals surface area (Å²) >= 11 is 1.15. The minimum Gasteiger partial charge on any atom is -0.348 e. The van der Waals surface area contributed by atoms with Crippen molar-refractivity contribution in [3.63, 3.8) is 0 Å². The predicted octanol–water partition coefficient (Wildman–Crippen LogP) is 3.83. The van der Waals surface area contributed by atoms with Crippen molar-refractivity contribution in [3.05, 3.63) is 40.9 Å². The van der Waals surface area contributed by atoms with Crippen molar-refractivity contribution in [2.24, 2.45) is 5.73 Å². The molecule has 0 spiro atoms. The topological polar surface area (TPSA) is 68.0 Å². The Morgan fingerprint density at radius 3 is 2.64 bits per heavy atom. The molecule has 3 rings (SSSR count). The Bertz CT molecular complexity index is 752. The van der Waals surface area contributed by atoms with Gasteiger partial charge in [-0.1, -0.05) is 12.1 Å². The van der Waals surface area contributed by atoms with Crippen molar-refractivity contribution in [2.45, 2.75) is 43.9 Å². The summed E-state index contributed by atoms with van der Waals surface area (Å²) in [5, 5.41) is 4.89. The molecular weight excluding hydrogens is 351 g/mol. The van der Waals surface area contributed by atoms with Gasteiger partial charge in [-0.25, -0.2) is 4.98 Å². The molecule has 4 nitrogen and oxygen atoms in total. The second-order valence-electron chi connectivity index (χ2n) is 6.20. The highest BCUT2D eigenvalue weighted by molar-refractivity contribution is 7.13. The van der Waals surface area contributed by atoms with Gasteiger partial charge in [0.2, 0.25) is 0 Å². The Labute approximate surface area is 147 Å². The van der Waals surface area contributed by atoms with Crippen LogP contribution >= 0.6 is 11.3 Å². The molecule has 134 valence electrons. The molecule has 8 heteroatoms. The summed E-state index contributed by atoms with van der Waals surface area (Å²) in [5.41, 5.74) is 5.69. The highest BCUT2D eigenvalue weighted by Gasteiger charge is 2.30. The smallest absolute Gasteiger partial charge is 0.348 e. The van der Waals surface area contributed by atoms with Crippen LogP contribution in [-0.4, -0.2) is 23.0 Å². The van der Waals surface area contributed by atoms with E-state index in [0.29, 0.717) is 10.6 Å². The summed E-state index contributed by atoms with van der Waals surface area (Å²) in [6.45, 7) is 0. The summed E-state index contributed by atoms with van der Waals surface area (Å²) in [5.74, 6) is -0.296. The maximum atomic E-state index is 12.8. The predicted molar refractivity (Wildman–Crippen MR) is 90.2 cm³/mol. The van der Waals surface area contributed by atoms with Gasteiger partial charge in [-0.15, -0.1) is 11.3 Å². The van der Waals surface area contributed by atoms with Crippen molar-refractivity contribution in [2.75, 3.05) is 0 Å². The Morgan fingerprint density at radius 1 is 1.24 bits per heavy atom. The van der Waals surface area contributed by atoms with E-state index in [0.717, 1.165) is 49.2 Å². The molecule has 1 fully saturated rings. The van der Waals surface area contributed by atoms with Crippen LogP contribution in [0.4, 0.5) is 13.2 Å². The lowest BCUT2D eigenvalue weighted by atomic mass is 9.92. The lowest BCUT2D eigenvalue weighted by Gasteiger charge is -2.26. The second-order valence-corrected chi connectivity index (χ2v) is 7.06. The largest absolute Gasteiger partial charge is 0.416 e. The first-order valence-corrected chi connectivity index (χ1v) is 8.90. The van der Waals surface area contributed by atoms with Crippen LogP contribution in [-0.2, 0) is 6.18 Å². The lowest BCUT2D eigenvalue weighted by Crippen LogP contribution is -2.40. The molecule has 1 heterocycles. The minimum absolute atomic E-state index is 0.0750. The number of halogens is 3. The molecule has 1 aliphatic rings. The Kier molecular flexibility index (Phi) is 5.10. The number of hydrogen-bond donors (Lipinski definition) is 2. The fourth-order valence-electron chi connectivity index (χ4n) is 2.86. The zero-order valence-corrected chi connectivity index (χ0v) is 14.2. The van der Waals surface area contributed by atoms with E-state index < -0.39 is 11.7 Å². The van der Waals surface area contributed by atoms with Gasteiger partial charge in [0, 0.05) is 23.0 Å². The number of alkyl halides is 3. The molecule has 0 radical (unpaired) electrons. The fraction of sp³-hybridized carbons (Fsp3) is 0.412. The first-order chi connectivity index (χ1) is 11.8. The molecule has 1 amide bonds. The number of carbonyl (C=O) groups excluding carboxylic acids is 1. The zero-order chi connectivity index (χ0) is 18.0. The summed E-state index contributed by atoms with van der Waals surface area (Å²) in [7, 11) is 0. The lowest BCUT2D eigenvalue weighted by molar-refractivity contribution is -0.137. The van der Waals surface area contributed by atoms with Crippen LogP contribution < -0.4 is 11.1 Å². The number of carbonyl (C=O) groups is 1. The first kappa shape index (κ1) is 17.9. The zero-order valence-electron chi connectivity index (χ0n) is 13.3. The molecule has 1 aromatic carbocycles. The molecule has 25 heavy (non-hydrogen) atoms. The third-order valence-corrected chi connectivity index (χ3v) is 5.17. The van der Waals surface area contributed by atoms with E-state index in [1.54, 1.807) is 11.4 Å². The van der Waals surface area contributed by atoms with Crippen LogP contribution in [0.2, 0.25) is 0 Å². The number of nitrogens with zero attached hydrogens (tertiary/aromatic N) is 1. The van der Waals surface area contributed by atoms with Crippen LogP contribution in [0.15, 0.2) is 29.6 Å². The Hall–Kier alpha value is -1.93. The summed E-state index contributed by atoms with van der Waals surface area (Å²) in [6, 6.07) is 5.22. The van der Waals surface area contributed by atoms with E-state index in [9.17, 15) is 18.0 Å². The van der Waals surface area contributed by atoms with Gasteiger partial charge in [0.15, 0.2) is 0 Å². The van der Waals surface area contributed by atoms with Gasteiger partial charge in [0.1, 0.15) is 10.7 Å². The number of thiazole rings is 1. The average molecular weight is 369 g/mol. The van der Waals surface area contributed by atoms with Gasteiger partial charge in [0.25, 0.3) is 5.91 Å². The Balaban J connectivity index is 1.71. The molecule has 1 saturated carbocycles. The summed E-state index contributed by atoms with van der Waals surface area (Å²) in [4.78, 5) is 16.5. The standard InChI is InChI=1S/C17H18F3N3OS/c18-17(19,20)11-3-1-2-10(8-11)16-23-14(9-25-16)15(24)22-13-6-4-12(21)5-7-13/h1-3,8-9,12-13H,4-7,21H2,(H,22,24). The van der Waals surface area contributed by atoms with Gasteiger partial charge in [-0.05, 0) is 37.8 Å². The number of nitrogens with two attached hydrogens (primary N) is 1. The second kappa shape index (κ2) is 7.13. The summed E-state index contributed by atoms with van der Waals surface area (Å²) in [6.07, 6.45) is -1.00. The van der Waals surface area contributed by atoms with Crippen molar-refractivity contribution in [1.82, 2.24) is 10.3 Å². The average Bonchev–Trinajstić information content (AvgIpc) is 3.06. The SMILES string of the molecule is NC1CCC(NC(=O)c2csc(-c3cccc(C(F)(F)F)c3)n2)CC1. The third-order valence-electron chi connectivity index (χ3n) is 4.28. The molecule has 0 saturated heterocycles. The molecule has 0 atom stereocenters. The first-order valence-electron chi connectivity index (χ1n) is 8.02. The van der Waals surface area contributed by atoms with Gasteiger partial charge in [0.05, 0.1) is 5.56 Å². The number of amides is 1. The monoisotopic (exact) mass is 369 g/mol. The van der Waals surface area contributed by atoms with Crippen molar-refractivity contribution in [1.29, 1.82) is 0 Å². The number of rotatable bonds is 3. The maximum absolute atomic E-state index is 12.8. The number of nitrogens with one attached hydrogen (secondary N) is 1. The molecule has 1 aliphatic carbocycles. The normalized spacial score (nSPS) is 21.1. The van der Waals surface area contributed by atoms with E-state index in [-0.39, 0.29) is 23.7 Å². The maximum Gasteiger partial charge on any atom is 0.416 e. The number of hydrogen-bond acceptors (Lipinski definition) is 4. The van der Waals surface area contributed by atoms with Gasteiger partial charge < -0.3 is 11.1 Å². The van der Waals surface area contributed by atoms with E-state index in [4.69, 9.17) is 5.73 Å². The molecule has 1 aromatic heterocycles. The highest BCUT2D eigenvalue weighted by atomic mass is 32.1. The van der Waals surface area contributed by atoms with Crippen LogP contribution in [0.25, 0.3) is 10.6 Å².